The van der Waals surface area contributed by atoms with Crippen molar-refractivity contribution in [2.24, 2.45) is 0 Å². The van der Waals surface area contributed by atoms with Gasteiger partial charge < -0.3 is 0 Å². The average molecular weight is 879 g/mol. The van der Waals surface area contributed by atoms with Gasteiger partial charge in [0.25, 0.3) is 0 Å². The van der Waals surface area contributed by atoms with Crippen molar-refractivity contribution in [3.05, 3.63) is 283 Å². The molecule has 0 radical (unpaired) electrons. The Kier molecular flexibility index (Phi) is 10.4. The average Bonchev–Trinajstić information content (AvgIpc) is 3.73. The minimum Gasteiger partial charge on any atom is -0.256 e. The Morgan fingerprint density at radius 1 is 0.319 bits per heavy atom. The lowest BCUT2D eigenvalue weighted by atomic mass is 9.67. The van der Waals surface area contributed by atoms with Gasteiger partial charge >= 0.3 is 0 Å². The molecule has 0 saturated carbocycles. The van der Waals surface area contributed by atoms with Crippen LogP contribution in [0.5, 0.6) is 0 Å². The summed E-state index contributed by atoms with van der Waals surface area (Å²) in [5.74, 6) is 0.663. The lowest BCUT2D eigenvalue weighted by Gasteiger charge is -2.34. The van der Waals surface area contributed by atoms with Crippen molar-refractivity contribution in [2.75, 3.05) is 0 Å². The van der Waals surface area contributed by atoms with Gasteiger partial charge in [-0.3, -0.25) is 4.98 Å². The van der Waals surface area contributed by atoms with Crippen LogP contribution < -0.4 is 0 Å². The maximum absolute atomic E-state index is 10.1. The standard InChI is InChI=1S/C65H42N4/c66-43-44-24-34-57-58-35-33-51(41-60(58)65(59(57)37-44,55-19-9-3-10-20-55)56-21-11-4-12-22-56)47-25-27-48(28-26-47)52-38-53(61-23-13-14-36-67-61)40-54(39-52)63-42-62(68-64(69-63)50-17-7-2-8-18-50)49-31-29-46(30-32-49)45-15-5-1-6-16-45/h1-42H. The predicted octanol–water partition coefficient (Wildman–Crippen LogP) is 15.8. The molecule has 0 fully saturated rings. The van der Waals surface area contributed by atoms with Crippen molar-refractivity contribution in [3.63, 3.8) is 0 Å². The highest BCUT2D eigenvalue weighted by molar-refractivity contribution is 5.89. The molecule has 322 valence electrons. The summed E-state index contributed by atoms with van der Waals surface area (Å²) in [6.07, 6.45) is 1.84. The van der Waals surface area contributed by atoms with Crippen molar-refractivity contribution in [1.82, 2.24) is 15.0 Å². The minimum atomic E-state index is -0.620. The molecule has 0 N–H and O–H groups in total. The highest BCUT2D eigenvalue weighted by Gasteiger charge is 2.46. The number of pyridine rings is 1. The largest absolute Gasteiger partial charge is 0.256 e. The van der Waals surface area contributed by atoms with Crippen molar-refractivity contribution in [1.29, 1.82) is 5.26 Å². The van der Waals surface area contributed by atoms with E-state index in [9.17, 15) is 5.26 Å². The minimum absolute atomic E-state index is 0.620. The predicted molar refractivity (Wildman–Crippen MR) is 280 cm³/mol. The lowest BCUT2D eigenvalue weighted by Crippen LogP contribution is -2.28. The molecule has 4 heteroatoms. The van der Waals surface area contributed by atoms with Crippen LogP contribution in [0.1, 0.15) is 27.8 Å². The number of hydrogen-bond donors (Lipinski definition) is 0. The quantitative estimate of drug-likeness (QED) is 0.145. The molecule has 11 aromatic rings. The highest BCUT2D eigenvalue weighted by Crippen LogP contribution is 2.57. The van der Waals surface area contributed by atoms with Crippen LogP contribution in [0, 0.1) is 11.3 Å². The van der Waals surface area contributed by atoms with Gasteiger partial charge in [0, 0.05) is 28.5 Å². The van der Waals surface area contributed by atoms with E-state index >= 15 is 0 Å². The third-order valence-electron chi connectivity index (χ3n) is 13.5. The van der Waals surface area contributed by atoms with Gasteiger partial charge in [-0.05, 0) is 121 Å². The molecule has 12 rings (SSSR count). The molecular weight excluding hydrogens is 837 g/mol. The molecule has 0 aliphatic heterocycles. The first-order valence-corrected chi connectivity index (χ1v) is 23.2. The first kappa shape index (κ1) is 41.2. The van der Waals surface area contributed by atoms with Gasteiger partial charge in [-0.2, -0.15) is 5.26 Å². The molecule has 2 heterocycles. The van der Waals surface area contributed by atoms with E-state index in [1.54, 1.807) is 0 Å². The van der Waals surface area contributed by atoms with E-state index in [0.717, 1.165) is 89.4 Å². The van der Waals surface area contributed by atoms with Gasteiger partial charge in [0.1, 0.15) is 0 Å². The van der Waals surface area contributed by atoms with E-state index < -0.39 is 5.41 Å². The van der Waals surface area contributed by atoms with Crippen molar-refractivity contribution >= 4 is 0 Å². The molecule has 0 atom stereocenters. The molecule has 4 nitrogen and oxygen atoms in total. The fourth-order valence-electron chi connectivity index (χ4n) is 10.1. The van der Waals surface area contributed by atoms with E-state index in [4.69, 9.17) is 15.0 Å². The molecule has 0 unspecified atom stereocenters. The maximum Gasteiger partial charge on any atom is 0.160 e. The number of aromatic nitrogens is 3. The molecule has 1 aliphatic rings. The van der Waals surface area contributed by atoms with Crippen LogP contribution in [0.25, 0.3) is 89.7 Å². The van der Waals surface area contributed by atoms with E-state index in [0.29, 0.717) is 11.4 Å². The maximum atomic E-state index is 10.1. The van der Waals surface area contributed by atoms with Crippen LogP contribution in [0.4, 0.5) is 0 Å². The second kappa shape index (κ2) is 17.5. The zero-order valence-corrected chi connectivity index (χ0v) is 37.5. The fraction of sp³-hybridized carbons (Fsp3) is 0.0154. The van der Waals surface area contributed by atoms with Crippen LogP contribution in [0.15, 0.2) is 255 Å². The van der Waals surface area contributed by atoms with Gasteiger partial charge in [0.2, 0.25) is 0 Å². The van der Waals surface area contributed by atoms with E-state index in [1.807, 2.05) is 48.7 Å². The first-order valence-electron chi connectivity index (χ1n) is 23.2. The molecule has 0 bridgehead atoms. The second-order valence-electron chi connectivity index (χ2n) is 17.5. The van der Waals surface area contributed by atoms with Crippen LogP contribution in [0.2, 0.25) is 0 Å². The van der Waals surface area contributed by atoms with Crippen LogP contribution in [-0.4, -0.2) is 15.0 Å². The van der Waals surface area contributed by atoms with Crippen LogP contribution in [-0.2, 0) is 5.41 Å². The Labute approximate surface area is 402 Å². The monoisotopic (exact) mass is 878 g/mol. The summed E-state index contributed by atoms with van der Waals surface area (Å²) < 4.78 is 0. The molecule has 0 spiro atoms. The third-order valence-corrected chi connectivity index (χ3v) is 13.5. The van der Waals surface area contributed by atoms with Gasteiger partial charge in [-0.15, -0.1) is 0 Å². The fourth-order valence-corrected chi connectivity index (χ4v) is 10.1. The molecule has 9 aromatic carbocycles. The van der Waals surface area contributed by atoms with E-state index in [2.05, 4.69) is 212 Å². The zero-order valence-electron chi connectivity index (χ0n) is 37.5. The summed E-state index contributed by atoms with van der Waals surface area (Å²) in [4.78, 5) is 15.2. The number of rotatable bonds is 9. The Bertz CT molecular complexity index is 3640. The van der Waals surface area contributed by atoms with Crippen LogP contribution in [0.3, 0.4) is 0 Å². The van der Waals surface area contributed by atoms with Crippen molar-refractivity contribution in [3.8, 4) is 95.7 Å². The number of nitriles is 1. The SMILES string of the molecule is N#Cc1ccc2c(c1)C(c1ccccc1)(c1ccccc1)c1cc(-c3ccc(-c4cc(-c5ccccn5)cc(-c5cc(-c6ccc(-c7ccccc7)cc6)nc(-c6ccccc6)n5)c4)cc3)ccc1-2. The summed E-state index contributed by atoms with van der Waals surface area (Å²) >= 11 is 0. The molecule has 0 saturated heterocycles. The number of fused-ring (bicyclic) bond motifs is 3. The highest BCUT2D eigenvalue weighted by atomic mass is 14.9. The molecule has 2 aromatic heterocycles. The Balaban J connectivity index is 0.967. The second-order valence-corrected chi connectivity index (χ2v) is 17.5. The van der Waals surface area contributed by atoms with E-state index in [-0.39, 0.29) is 0 Å². The normalized spacial score (nSPS) is 12.2. The summed E-state index contributed by atoms with van der Waals surface area (Å²) in [6.45, 7) is 0. The molecule has 69 heavy (non-hydrogen) atoms. The summed E-state index contributed by atoms with van der Waals surface area (Å²) in [5, 5.41) is 10.1. The summed E-state index contributed by atoms with van der Waals surface area (Å²) in [6, 6.07) is 89.8. The van der Waals surface area contributed by atoms with Gasteiger partial charge in [-0.25, -0.2) is 9.97 Å². The molecule has 1 aliphatic carbocycles. The Morgan fingerprint density at radius 2 is 0.768 bits per heavy atom. The third kappa shape index (κ3) is 7.49. The Morgan fingerprint density at radius 3 is 1.36 bits per heavy atom. The van der Waals surface area contributed by atoms with Crippen molar-refractivity contribution < 1.29 is 0 Å². The smallest absolute Gasteiger partial charge is 0.160 e. The molecular formula is C65H42N4. The van der Waals surface area contributed by atoms with Gasteiger partial charge in [-0.1, -0.05) is 194 Å². The van der Waals surface area contributed by atoms with Crippen LogP contribution >= 0.6 is 0 Å². The van der Waals surface area contributed by atoms with Crippen molar-refractivity contribution in [2.45, 2.75) is 5.41 Å². The topological polar surface area (TPSA) is 62.5 Å². The summed E-state index contributed by atoms with van der Waals surface area (Å²) in [5.41, 5.74) is 20.2. The first-order chi connectivity index (χ1) is 34.1. The van der Waals surface area contributed by atoms with Gasteiger partial charge in [0.15, 0.2) is 5.82 Å². The number of benzene rings is 9. The Hall–Kier alpha value is -9.30. The lowest BCUT2D eigenvalue weighted by molar-refractivity contribution is 0.768. The number of nitrogens with zero attached hydrogens (tertiary/aromatic N) is 4. The van der Waals surface area contributed by atoms with E-state index in [1.165, 1.54) is 16.7 Å². The van der Waals surface area contributed by atoms with Gasteiger partial charge in [0.05, 0.1) is 34.1 Å². The number of hydrogen-bond acceptors (Lipinski definition) is 4. The summed E-state index contributed by atoms with van der Waals surface area (Å²) in [7, 11) is 0. The zero-order chi connectivity index (χ0) is 46.2. The molecule has 0 amide bonds.